The Hall–Kier alpha value is -1.66. The predicted molar refractivity (Wildman–Crippen MR) is 106 cm³/mol. The van der Waals surface area contributed by atoms with Gasteiger partial charge in [-0.15, -0.1) is 0 Å². The van der Waals surface area contributed by atoms with Crippen molar-refractivity contribution >= 4 is 0 Å². The van der Waals surface area contributed by atoms with Gasteiger partial charge in [0.2, 0.25) is 0 Å². The minimum absolute atomic E-state index is 0. The molecule has 0 fully saturated rings. The molecule has 6 heteroatoms. The Kier molecular flexibility index (Phi) is 12.5. The van der Waals surface area contributed by atoms with Crippen LogP contribution in [0.4, 0.5) is 0 Å². The van der Waals surface area contributed by atoms with Crippen molar-refractivity contribution in [1.29, 1.82) is 0 Å². The van der Waals surface area contributed by atoms with E-state index in [0.29, 0.717) is 0 Å². The number of aromatic nitrogens is 4. The van der Waals surface area contributed by atoms with E-state index in [1.807, 2.05) is 35.9 Å². The van der Waals surface area contributed by atoms with E-state index in [1.54, 1.807) is 0 Å². The monoisotopic (exact) mass is 340 g/mol. The summed E-state index contributed by atoms with van der Waals surface area (Å²) in [5.74, 6) is 0. The molecule has 0 amide bonds. The molecular formula is C18H40N6. The van der Waals surface area contributed by atoms with Crippen molar-refractivity contribution in [3.8, 4) is 0 Å². The first-order valence-electron chi connectivity index (χ1n) is 7.56. The standard InChI is InChI=1S/2C8H14N2.CH5N.CH4.H3N/c2*1-8(2,3)7-5-9-10(4)6-7;1-2;;/h2*5-6H,1-4H3;2H2,1H3;1H4;1H3. The van der Waals surface area contributed by atoms with Gasteiger partial charge in [0, 0.05) is 26.5 Å². The molecule has 0 radical (unpaired) electrons. The lowest BCUT2D eigenvalue weighted by molar-refractivity contribution is 0.589. The van der Waals surface area contributed by atoms with Crippen LogP contribution >= 0.6 is 0 Å². The zero-order valence-corrected chi connectivity index (χ0v) is 16.4. The van der Waals surface area contributed by atoms with Gasteiger partial charge in [0.15, 0.2) is 0 Å². The Bertz CT molecular complexity index is 490. The van der Waals surface area contributed by atoms with Crippen LogP contribution in [0.25, 0.3) is 0 Å². The van der Waals surface area contributed by atoms with Gasteiger partial charge in [0.05, 0.1) is 12.4 Å². The van der Waals surface area contributed by atoms with Crippen molar-refractivity contribution < 1.29 is 0 Å². The third-order valence-electron chi connectivity index (χ3n) is 3.14. The molecule has 24 heavy (non-hydrogen) atoms. The Morgan fingerprint density at radius 3 is 1.08 bits per heavy atom. The van der Waals surface area contributed by atoms with E-state index in [2.05, 4.69) is 69.9 Å². The summed E-state index contributed by atoms with van der Waals surface area (Å²) in [5.41, 5.74) is 7.53. The molecule has 0 spiro atoms. The fraction of sp³-hybridized carbons (Fsp3) is 0.667. The SMILES string of the molecule is C.CN.Cn1cc(C(C)(C)C)cn1.Cn1cc(C(C)(C)C)cn1.N. The van der Waals surface area contributed by atoms with Gasteiger partial charge in [-0.3, -0.25) is 9.36 Å². The van der Waals surface area contributed by atoms with Gasteiger partial charge >= 0.3 is 0 Å². The molecule has 2 aromatic rings. The van der Waals surface area contributed by atoms with Crippen molar-refractivity contribution in [2.24, 2.45) is 19.8 Å². The molecule has 6 nitrogen and oxygen atoms in total. The minimum atomic E-state index is 0. The van der Waals surface area contributed by atoms with Crippen LogP contribution in [0, 0.1) is 0 Å². The Balaban J connectivity index is -0.000000310. The third-order valence-corrected chi connectivity index (χ3v) is 3.14. The van der Waals surface area contributed by atoms with E-state index >= 15 is 0 Å². The van der Waals surface area contributed by atoms with Crippen LogP contribution in [-0.4, -0.2) is 26.6 Å². The maximum absolute atomic E-state index is 4.50. The first-order chi connectivity index (χ1) is 10.00. The molecule has 0 atom stereocenters. The fourth-order valence-electron chi connectivity index (χ4n) is 1.62. The van der Waals surface area contributed by atoms with Crippen molar-refractivity contribution in [3.05, 3.63) is 35.9 Å². The quantitative estimate of drug-likeness (QED) is 0.762. The molecule has 2 aromatic heterocycles. The average Bonchev–Trinajstić information content (AvgIpc) is 3.00. The van der Waals surface area contributed by atoms with Gasteiger partial charge in [-0.25, -0.2) is 0 Å². The number of nitrogens with two attached hydrogens (primary N) is 1. The van der Waals surface area contributed by atoms with Crippen LogP contribution in [0.1, 0.15) is 60.1 Å². The van der Waals surface area contributed by atoms with Gasteiger partial charge < -0.3 is 11.9 Å². The highest BCUT2D eigenvalue weighted by Gasteiger charge is 2.15. The molecule has 0 saturated carbocycles. The molecule has 0 saturated heterocycles. The van der Waals surface area contributed by atoms with Crippen LogP contribution in [0.3, 0.4) is 0 Å². The van der Waals surface area contributed by atoms with Crippen molar-refractivity contribution in [3.63, 3.8) is 0 Å². The first-order valence-corrected chi connectivity index (χ1v) is 7.56. The highest BCUT2D eigenvalue weighted by molar-refractivity contribution is 5.15. The average molecular weight is 341 g/mol. The molecule has 5 N–H and O–H groups in total. The second-order valence-corrected chi connectivity index (χ2v) is 7.31. The molecule has 0 aromatic carbocycles. The van der Waals surface area contributed by atoms with Crippen LogP contribution in [-0.2, 0) is 24.9 Å². The second-order valence-electron chi connectivity index (χ2n) is 7.31. The smallest absolute Gasteiger partial charge is 0.0526 e. The molecule has 0 unspecified atom stereocenters. The molecule has 2 heterocycles. The summed E-state index contributed by atoms with van der Waals surface area (Å²) in [5, 5.41) is 8.20. The maximum atomic E-state index is 4.50. The summed E-state index contributed by atoms with van der Waals surface area (Å²) in [4.78, 5) is 0. The van der Waals surface area contributed by atoms with E-state index < -0.39 is 0 Å². The van der Waals surface area contributed by atoms with E-state index in [0.717, 1.165) is 0 Å². The largest absolute Gasteiger partial charge is 0.344 e. The van der Waals surface area contributed by atoms with E-state index in [4.69, 9.17) is 0 Å². The summed E-state index contributed by atoms with van der Waals surface area (Å²) in [6.45, 7) is 13.1. The summed E-state index contributed by atoms with van der Waals surface area (Å²) in [7, 11) is 5.38. The van der Waals surface area contributed by atoms with Gasteiger partial charge in [0.1, 0.15) is 0 Å². The summed E-state index contributed by atoms with van der Waals surface area (Å²) in [6.07, 6.45) is 7.94. The van der Waals surface area contributed by atoms with Crippen molar-refractivity contribution in [1.82, 2.24) is 25.7 Å². The van der Waals surface area contributed by atoms with Crippen LogP contribution in [0.2, 0.25) is 0 Å². The zero-order chi connectivity index (χ0) is 17.6. The summed E-state index contributed by atoms with van der Waals surface area (Å²) < 4.78 is 3.67. The number of nitrogens with zero attached hydrogens (tertiary/aromatic N) is 4. The maximum Gasteiger partial charge on any atom is 0.0526 e. The van der Waals surface area contributed by atoms with E-state index in [1.165, 1.54) is 18.2 Å². The Morgan fingerprint density at radius 1 is 0.750 bits per heavy atom. The lowest BCUT2D eigenvalue weighted by Gasteiger charge is -2.14. The minimum Gasteiger partial charge on any atom is -0.344 e. The molecule has 0 aliphatic carbocycles. The van der Waals surface area contributed by atoms with Gasteiger partial charge in [-0.1, -0.05) is 49.0 Å². The highest BCUT2D eigenvalue weighted by atomic mass is 15.2. The van der Waals surface area contributed by atoms with Crippen molar-refractivity contribution in [2.45, 2.75) is 59.8 Å². The highest BCUT2D eigenvalue weighted by Crippen LogP contribution is 2.20. The number of hydrogen-bond donors (Lipinski definition) is 2. The summed E-state index contributed by atoms with van der Waals surface area (Å²) in [6, 6.07) is 0. The van der Waals surface area contributed by atoms with Crippen LogP contribution in [0.5, 0.6) is 0 Å². The molecule has 0 aliphatic heterocycles. The number of aryl methyl sites for hydroxylation is 2. The number of rotatable bonds is 0. The van der Waals surface area contributed by atoms with Gasteiger partial charge in [0.25, 0.3) is 0 Å². The molecule has 0 aliphatic rings. The van der Waals surface area contributed by atoms with E-state index in [-0.39, 0.29) is 24.4 Å². The normalized spacial score (nSPS) is 10.2. The van der Waals surface area contributed by atoms with E-state index in [9.17, 15) is 0 Å². The van der Waals surface area contributed by atoms with Gasteiger partial charge in [-0.05, 0) is 29.0 Å². The summed E-state index contributed by atoms with van der Waals surface area (Å²) >= 11 is 0. The first kappa shape index (κ1) is 27.2. The zero-order valence-electron chi connectivity index (χ0n) is 16.4. The van der Waals surface area contributed by atoms with Crippen LogP contribution < -0.4 is 11.9 Å². The molecule has 142 valence electrons. The van der Waals surface area contributed by atoms with Gasteiger partial charge in [-0.2, -0.15) is 10.2 Å². The molecular weight excluding hydrogens is 300 g/mol. The molecule has 2 rings (SSSR count). The van der Waals surface area contributed by atoms with Crippen LogP contribution in [0.15, 0.2) is 24.8 Å². The molecule has 0 bridgehead atoms. The van der Waals surface area contributed by atoms with Crippen molar-refractivity contribution in [2.75, 3.05) is 7.05 Å². The Morgan fingerprint density at radius 2 is 1.00 bits per heavy atom. The second kappa shape index (κ2) is 11.0. The fourth-order valence-corrected chi connectivity index (χ4v) is 1.62. The number of hydrogen-bond acceptors (Lipinski definition) is 4. The lowest BCUT2D eigenvalue weighted by Crippen LogP contribution is -2.09. The Labute approximate surface area is 149 Å². The predicted octanol–water partition coefficient (Wildman–Crippen LogP) is 3.81. The topological polar surface area (TPSA) is 96.7 Å². The lowest BCUT2D eigenvalue weighted by atomic mass is 9.90. The third kappa shape index (κ3) is 9.47.